The normalized spacial score (nSPS) is 22.9. The van der Waals surface area contributed by atoms with Gasteiger partial charge in [0.25, 0.3) is 10.0 Å². The number of hydrogen-bond acceptors (Lipinski definition) is 4. The van der Waals surface area contributed by atoms with Crippen molar-refractivity contribution in [1.29, 1.82) is 0 Å². The molecule has 0 bridgehead atoms. The van der Waals surface area contributed by atoms with Crippen LogP contribution in [0, 0.1) is 6.92 Å². The molecule has 2 rings (SSSR count). The molecule has 0 radical (unpaired) electrons. The highest BCUT2D eigenvalue weighted by Gasteiger charge is 2.30. The van der Waals surface area contributed by atoms with Crippen LogP contribution in [0.4, 0.5) is 0 Å². The van der Waals surface area contributed by atoms with E-state index in [-0.39, 0.29) is 6.04 Å². The van der Waals surface area contributed by atoms with E-state index in [0.29, 0.717) is 28.2 Å². The minimum absolute atomic E-state index is 0.190. The van der Waals surface area contributed by atoms with Gasteiger partial charge in [-0.15, -0.1) is 11.3 Å². The number of nitrogens with zero attached hydrogens (tertiary/aromatic N) is 1. The number of halogens is 1. The summed E-state index contributed by atoms with van der Waals surface area (Å²) in [5.41, 5.74) is 0.818. The molecule has 0 aromatic carbocycles. The molecule has 96 valence electrons. The number of aryl methyl sites for hydroxylation is 1. The fraction of sp³-hybridized carbons (Fsp3) is 0.600. The third-order valence-corrected chi connectivity index (χ3v) is 6.63. The Bertz CT molecular complexity index is 493. The minimum atomic E-state index is -3.37. The van der Waals surface area contributed by atoms with Crippen molar-refractivity contribution in [2.24, 2.45) is 0 Å². The lowest BCUT2D eigenvalue weighted by Gasteiger charge is -2.30. The van der Waals surface area contributed by atoms with E-state index in [1.165, 1.54) is 4.31 Å². The highest BCUT2D eigenvalue weighted by molar-refractivity contribution is 7.91. The van der Waals surface area contributed by atoms with Gasteiger partial charge in [-0.1, -0.05) is 11.6 Å². The molecular formula is C10H15ClN2O2S2. The van der Waals surface area contributed by atoms with Gasteiger partial charge in [0.1, 0.15) is 4.21 Å². The highest BCUT2D eigenvalue weighted by Crippen LogP contribution is 2.32. The summed E-state index contributed by atoms with van der Waals surface area (Å²) in [7, 11) is -3.37. The molecule has 1 saturated heterocycles. The van der Waals surface area contributed by atoms with Crippen LogP contribution in [-0.2, 0) is 10.0 Å². The zero-order valence-electron chi connectivity index (χ0n) is 9.73. The number of sulfonamides is 1. The van der Waals surface area contributed by atoms with Crippen LogP contribution in [-0.4, -0.2) is 38.4 Å². The summed E-state index contributed by atoms with van der Waals surface area (Å²) in [6.07, 6.45) is 0. The van der Waals surface area contributed by atoms with Gasteiger partial charge in [0.2, 0.25) is 0 Å². The van der Waals surface area contributed by atoms with E-state index in [9.17, 15) is 8.42 Å². The molecule has 1 aliphatic rings. The largest absolute Gasteiger partial charge is 0.312 e. The first kappa shape index (κ1) is 13.3. The van der Waals surface area contributed by atoms with Crippen molar-refractivity contribution in [3.8, 4) is 0 Å². The summed E-state index contributed by atoms with van der Waals surface area (Å²) >= 11 is 7.06. The van der Waals surface area contributed by atoms with E-state index in [0.717, 1.165) is 16.9 Å². The minimum Gasteiger partial charge on any atom is -0.312 e. The van der Waals surface area contributed by atoms with E-state index in [4.69, 9.17) is 11.6 Å². The Kier molecular flexibility index (Phi) is 3.80. The molecular weight excluding hydrogens is 280 g/mol. The number of piperazine rings is 1. The van der Waals surface area contributed by atoms with Gasteiger partial charge >= 0.3 is 0 Å². The summed E-state index contributed by atoms with van der Waals surface area (Å²) in [6, 6.07) is 1.84. The van der Waals surface area contributed by atoms with Crippen molar-refractivity contribution in [2.45, 2.75) is 24.1 Å². The Morgan fingerprint density at radius 3 is 2.82 bits per heavy atom. The standard InChI is InChI=1S/C10H15ClN2O2S2/c1-7-5-9(16-10(7)11)17(14,15)13-4-3-12-8(2)6-13/h5,8,12H,3-4,6H2,1-2H3. The first-order valence-corrected chi connectivity index (χ1v) is 8.04. The number of thiophene rings is 1. The molecule has 0 aliphatic carbocycles. The molecule has 0 amide bonds. The molecule has 1 aliphatic heterocycles. The van der Waals surface area contributed by atoms with Crippen LogP contribution in [0.5, 0.6) is 0 Å². The first-order valence-electron chi connectivity index (χ1n) is 5.40. The molecule has 7 heteroatoms. The van der Waals surface area contributed by atoms with Crippen molar-refractivity contribution in [2.75, 3.05) is 19.6 Å². The summed E-state index contributed by atoms with van der Waals surface area (Å²) < 4.78 is 27.1. The molecule has 1 fully saturated rings. The molecule has 1 atom stereocenters. The van der Waals surface area contributed by atoms with Gasteiger partial charge in [-0.25, -0.2) is 8.42 Å². The second-order valence-electron chi connectivity index (χ2n) is 4.24. The molecule has 1 aromatic rings. The maximum Gasteiger partial charge on any atom is 0.252 e. The monoisotopic (exact) mass is 294 g/mol. The van der Waals surface area contributed by atoms with Gasteiger partial charge in [0.15, 0.2) is 0 Å². The van der Waals surface area contributed by atoms with Gasteiger partial charge in [0.05, 0.1) is 4.34 Å². The molecule has 0 spiro atoms. The molecule has 1 aromatic heterocycles. The van der Waals surface area contributed by atoms with Gasteiger partial charge in [-0.2, -0.15) is 4.31 Å². The summed E-state index contributed by atoms with van der Waals surface area (Å²) in [6.45, 7) is 5.52. The maximum atomic E-state index is 12.3. The molecule has 1 N–H and O–H groups in total. The SMILES string of the molecule is Cc1cc(S(=O)(=O)N2CCNC(C)C2)sc1Cl. The predicted octanol–water partition coefficient (Wildman–Crippen LogP) is 1.69. The molecule has 0 saturated carbocycles. The van der Waals surface area contributed by atoms with Crippen molar-refractivity contribution in [3.05, 3.63) is 16.0 Å². The Morgan fingerprint density at radius 2 is 2.29 bits per heavy atom. The third kappa shape index (κ3) is 2.66. The molecule has 17 heavy (non-hydrogen) atoms. The van der Waals surface area contributed by atoms with Crippen LogP contribution in [0.1, 0.15) is 12.5 Å². The lowest BCUT2D eigenvalue weighted by molar-refractivity contribution is 0.311. The Labute approximate surface area is 111 Å². The predicted molar refractivity (Wildman–Crippen MR) is 70.3 cm³/mol. The van der Waals surface area contributed by atoms with Gasteiger partial charge in [-0.05, 0) is 25.5 Å². The second-order valence-corrected chi connectivity index (χ2v) is 8.06. The fourth-order valence-corrected chi connectivity index (χ4v) is 5.19. The fourth-order valence-electron chi connectivity index (χ4n) is 1.80. The van der Waals surface area contributed by atoms with Crippen molar-refractivity contribution in [1.82, 2.24) is 9.62 Å². The summed E-state index contributed by atoms with van der Waals surface area (Å²) in [4.78, 5) is 0. The Hall–Kier alpha value is -0.140. The Morgan fingerprint density at radius 1 is 1.59 bits per heavy atom. The van der Waals surface area contributed by atoms with Crippen LogP contribution in [0.2, 0.25) is 4.34 Å². The molecule has 2 heterocycles. The first-order chi connectivity index (χ1) is 7.91. The van der Waals surface area contributed by atoms with Gasteiger partial charge in [-0.3, -0.25) is 0 Å². The van der Waals surface area contributed by atoms with Crippen LogP contribution < -0.4 is 5.32 Å². The van der Waals surface area contributed by atoms with Crippen LogP contribution >= 0.6 is 22.9 Å². The van der Waals surface area contributed by atoms with Crippen molar-refractivity contribution < 1.29 is 8.42 Å². The summed E-state index contributed by atoms with van der Waals surface area (Å²) in [5, 5.41) is 3.22. The second kappa shape index (κ2) is 4.85. The average molecular weight is 295 g/mol. The smallest absolute Gasteiger partial charge is 0.252 e. The lowest BCUT2D eigenvalue weighted by Crippen LogP contribution is -2.51. The molecule has 1 unspecified atom stereocenters. The zero-order valence-corrected chi connectivity index (χ0v) is 12.1. The number of hydrogen-bond donors (Lipinski definition) is 1. The maximum absolute atomic E-state index is 12.3. The average Bonchev–Trinajstić information content (AvgIpc) is 2.60. The van der Waals surface area contributed by atoms with Gasteiger partial charge < -0.3 is 5.32 Å². The van der Waals surface area contributed by atoms with Crippen LogP contribution in [0.3, 0.4) is 0 Å². The van der Waals surface area contributed by atoms with Crippen molar-refractivity contribution in [3.63, 3.8) is 0 Å². The summed E-state index contributed by atoms with van der Waals surface area (Å²) in [5.74, 6) is 0. The lowest BCUT2D eigenvalue weighted by atomic mass is 10.3. The van der Waals surface area contributed by atoms with E-state index < -0.39 is 10.0 Å². The van der Waals surface area contributed by atoms with E-state index in [1.807, 2.05) is 13.8 Å². The van der Waals surface area contributed by atoms with Gasteiger partial charge in [0, 0.05) is 25.7 Å². The Balaban J connectivity index is 2.29. The number of nitrogens with one attached hydrogen (secondary N) is 1. The highest BCUT2D eigenvalue weighted by atomic mass is 35.5. The van der Waals surface area contributed by atoms with E-state index in [1.54, 1.807) is 6.07 Å². The van der Waals surface area contributed by atoms with E-state index in [2.05, 4.69) is 5.32 Å². The number of rotatable bonds is 2. The van der Waals surface area contributed by atoms with Crippen LogP contribution in [0.25, 0.3) is 0 Å². The zero-order chi connectivity index (χ0) is 12.6. The van der Waals surface area contributed by atoms with Crippen LogP contribution in [0.15, 0.2) is 10.3 Å². The van der Waals surface area contributed by atoms with E-state index >= 15 is 0 Å². The van der Waals surface area contributed by atoms with Crippen molar-refractivity contribution >= 4 is 33.0 Å². The topological polar surface area (TPSA) is 49.4 Å². The quantitative estimate of drug-likeness (QED) is 0.903. The molecule has 4 nitrogen and oxygen atoms in total. The third-order valence-electron chi connectivity index (χ3n) is 2.76.